The van der Waals surface area contributed by atoms with Crippen molar-refractivity contribution in [2.24, 2.45) is 0 Å². The van der Waals surface area contributed by atoms with Gasteiger partial charge in [-0.15, -0.1) is 0 Å². The third-order valence-electron chi connectivity index (χ3n) is 3.59. The van der Waals surface area contributed by atoms with Crippen LogP contribution in [0.2, 0.25) is 0 Å². The standard InChI is InChI=1S/C19H16N2O3/c1-12(22)20-14-6-2-5-13(11-14)19(24)21-17-9-3-8-16-15(17)7-4-10-18(16)23/h2-11,23H,1H3,(H,20,22)(H,21,24). The molecule has 0 bridgehead atoms. The number of phenolic OH excluding ortho intramolecular Hbond substituents is 1. The fraction of sp³-hybridized carbons (Fsp3) is 0.0526. The number of fused-ring (bicyclic) bond motifs is 1. The van der Waals surface area contributed by atoms with E-state index in [2.05, 4.69) is 10.6 Å². The van der Waals surface area contributed by atoms with Gasteiger partial charge in [-0.25, -0.2) is 0 Å². The molecule has 3 aromatic carbocycles. The second-order valence-corrected chi connectivity index (χ2v) is 5.39. The zero-order valence-electron chi connectivity index (χ0n) is 13.0. The van der Waals surface area contributed by atoms with E-state index in [1.807, 2.05) is 6.07 Å². The van der Waals surface area contributed by atoms with Gasteiger partial charge in [-0.2, -0.15) is 0 Å². The Bertz CT molecular complexity index is 935. The van der Waals surface area contributed by atoms with Crippen molar-refractivity contribution in [3.05, 3.63) is 66.2 Å². The molecule has 3 rings (SSSR count). The van der Waals surface area contributed by atoms with Crippen LogP contribution >= 0.6 is 0 Å². The molecule has 0 atom stereocenters. The highest BCUT2D eigenvalue weighted by Crippen LogP contribution is 2.30. The molecular formula is C19H16N2O3. The van der Waals surface area contributed by atoms with Crippen LogP contribution < -0.4 is 10.6 Å². The number of rotatable bonds is 3. The number of hydrogen-bond donors (Lipinski definition) is 3. The highest BCUT2D eigenvalue weighted by atomic mass is 16.3. The molecule has 0 radical (unpaired) electrons. The third kappa shape index (κ3) is 3.20. The van der Waals surface area contributed by atoms with Crippen molar-refractivity contribution in [1.82, 2.24) is 0 Å². The van der Waals surface area contributed by atoms with Crippen LogP contribution in [0.25, 0.3) is 10.8 Å². The molecular weight excluding hydrogens is 304 g/mol. The summed E-state index contributed by atoms with van der Waals surface area (Å²) in [7, 11) is 0. The van der Waals surface area contributed by atoms with Gasteiger partial charge in [-0.05, 0) is 30.3 Å². The van der Waals surface area contributed by atoms with E-state index in [0.717, 1.165) is 5.39 Å². The fourth-order valence-corrected chi connectivity index (χ4v) is 2.54. The number of aromatic hydroxyl groups is 1. The van der Waals surface area contributed by atoms with E-state index in [1.54, 1.807) is 54.6 Å². The monoisotopic (exact) mass is 320 g/mol. The van der Waals surface area contributed by atoms with Crippen molar-refractivity contribution in [1.29, 1.82) is 0 Å². The first kappa shape index (κ1) is 15.6. The molecule has 2 amide bonds. The molecule has 0 saturated heterocycles. The summed E-state index contributed by atoms with van der Waals surface area (Å²) in [6.07, 6.45) is 0. The topological polar surface area (TPSA) is 78.4 Å². The van der Waals surface area contributed by atoms with Crippen LogP contribution in [-0.4, -0.2) is 16.9 Å². The second kappa shape index (κ2) is 6.42. The molecule has 24 heavy (non-hydrogen) atoms. The summed E-state index contributed by atoms with van der Waals surface area (Å²) in [6.45, 7) is 1.41. The normalized spacial score (nSPS) is 10.4. The van der Waals surface area contributed by atoms with Gasteiger partial charge < -0.3 is 15.7 Å². The number of nitrogens with one attached hydrogen (secondary N) is 2. The summed E-state index contributed by atoms with van der Waals surface area (Å²) < 4.78 is 0. The molecule has 3 aromatic rings. The van der Waals surface area contributed by atoms with Gasteiger partial charge in [0.1, 0.15) is 5.75 Å². The molecule has 0 unspecified atom stereocenters. The first-order chi connectivity index (χ1) is 11.5. The minimum Gasteiger partial charge on any atom is -0.507 e. The number of amides is 2. The maximum atomic E-state index is 12.5. The molecule has 0 saturated carbocycles. The van der Waals surface area contributed by atoms with E-state index in [-0.39, 0.29) is 17.6 Å². The predicted molar refractivity (Wildman–Crippen MR) is 94.3 cm³/mol. The van der Waals surface area contributed by atoms with Crippen LogP contribution in [-0.2, 0) is 4.79 Å². The van der Waals surface area contributed by atoms with Gasteiger partial charge in [0.25, 0.3) is 5.91 Å². The van der Waals surface area contributed by atoms with Crippen LogP contribution in [0, 0.1) is 0 Å². The summed E-state index contributed by atoms with van der Waals surface area (Å²) in [5.41, 5.74) is 1.60. The molecule has 0 heterocycles. The van der Waals surface area contributed by atoms with Crippen molar-refractivity contribution in [2.45, 2.75) is 6.92 Å². The molecule has 0 aliphatic heterocycles. The summed E-state index contributed by atoms with van der Waals surface area (Å²) in [6, 6.07) is 17.2. The van der Waals surface area contributed by atoms with E-state index in [1.165, 1.54) is 6.92 Å². The third-order valence-corrected chi connectivity index (χ3v) is 3.59. The maximum absolute atomic E-state index is 12.5. The number of phenols is 1. The van der Waals surface area contributed by atoms with E-state index in [4.69, 9.17) is 0 Å². The molecule has 120 valence electrons. The zero-order valence-corrected chi connectivity index (χ0v) is 13.0. The molecule has 0 aromatic heterocycles. The van der Waals surface area contributed by atoms with Gasteiger partial charge in [0.05, 0.1) is 0 Å². The lowest BCUT2D eigenvalue weighted by atomic mass is 10.1. The van der Waals surface area contributed by atoms with Gasteiger partial charge in [0, 0.05) is 34.6 Å². The number of hydrogen-bond acceptors (Lipinski definition) is 3. The van der Waals surface area contributed by atoms with Crippen molar-refractivity contribution < 1.29 is 14.7 Å². The molecule has 0 fully saturated rings. The lowest BCUT2D eigenvalue weighted by Gasteiger charge is -2.10. The van der Waals surface area contributed by atoms with E-state index in [0.29, 0.717) is 22.3 Å². The molecule has 5 nitrogen and oxygen atoms in total. The zero-order chi connectivity index (χ0) is 17.1. The molecule has 0 spiro atoms. The Hall–Kier alpha value is -3.34. The molecule has 0 aliphatic carbocycles. The maximum Gasteiger partial charge on any atom is 0.255 e. The Kier molecular flexibility index (Phi) is 4.16. The van der Waals surface area contributed by atoms with Crippen LogP contribution in [0.3, 0.4) is 0 Å². The Morgan fingerprint density at radius 3 is 2.38 bits per heavy atom. The van der Waals surface area contributed by atoms with Gasteiger partial charge >= 0.3 is 0 Å². The first-order valence-electron chi connectivity index (χ1n) is 7.44. The van der Waals surface area contributed by atoms with Crippen molar-refractivity contribution in [3.8, 4) is 5.75 Å². The van der Waals surface area contributed by atoms with Gasteiger partial charge in [0.2, 0.25) is 5.91 Å². The summed E-state index contributed by atoms with van der Waals surface area (Å²) in [5.74, 6) is -0.327. The number of anilines is 2. The Morgan fingerprint density at radius 1 is 0.875 bits per heavy atom. The Balaban J connectivity index is 1.91. The lowest BCUT2D eigenvalue weighted by Crippen LogP contribution is -2.13. The number of benzene rings is 3. The first-order valence-corrected chi connectivity index (χ1v) is 7.44. The highest BCUT2D eigenvalue weighted by Gasteiger charge is 2.10. The predicted octanol–water partition coefficient (Wildman–Crippen LogP) is 3.76. The average molecular weight is 320 g/mol. The Labute approximate surface area is 138 Å². The average Bonchev–Trinajstić information content (AvgIpc) is 2.55. The summed E-state index contributed by atoms with van der Waals surface area (Å²) >= 11 is 0. The largest absolute Gasteiger partial charge is 0.507 e. The van der Waals surface area contributed by atoms with Crippen LogP contribution in [0.4, 0.5) is 11.4 Å². The van der Waals surface area contributed by atoms with Crippen molar-refractivity contribution in [2.75, 3.05) is 10.6 Å². The number of carbonyl (C=O) groups excluding carboxylic acids is 2. The second-order valence-electron chi connectivity index (χ2n) is 5.39. The smallest absolute Gasteiger partial charge is 0.255 e. The van der Waals surface area contributed by atoms with Crippen molar-refractivity contribution in [3.63, 3.8) is 0 Å². The van der Waals surface area contributed by atoms with E-state index in [9.17, 15) is 14.7 Å². The van der Waals surface area contributed by atoms with E-state index < -0.39 is 0 Å². The van der Waals surface area contributed by atoms with Crippen LogP contribution in [0.1, 0.15) is 17.3 Å². The quantitative estimate of drug-likeness (QED) is 0.687. The molecule has 3 N–H and O–H groups in total. The molecule has 0 aliphatic rings. The Morgan fingerprint density at radius 2 is 1.58 bits per heavy atom. The summed E-state index contributed by atoms with van der Waals surface area (Å²) in [4.78, 5) is 23.6. The minimum atomic E-state index is -0.293. The van der Waals surface area contributed by atoms with Crippen LogP contribution in [0.15, 0.2) is 60.7 Å². The van der Waals surface area contributed by atoms with Gasteiger partial charge in [-0.3, -0.25) is 9.59 Å². The number of carbonyl (C=O) groups is 2. The fourth-order valence-electron chi connectivity index (χ4n) is 2.54. The lowest BCUT2D eigenvalue weighted by molar-refractivity contribution is -0.114. The van der Waals surface area contributed by atoms with E-state index >= 15 is 0 Å². The summed E-state index contributed by atoms with van der Waals surface area (Å²) in [5, 5.41) is 16.8. The van der Waals surface area contributed by atoms with Crippen molar-refractivity contribution >= 4 is 34.0 Å². The highest BCUT2D eigenvalue weighted by molar-refractivity contribution is 6.10. The SMILES string of the molecule is CC(=O)Nc1cccc(C(=O)Nc2cccc3c(O)cccc23)c1. The minimum absolute atomic E-state index is 0.163. The van der Waals surface area contributed by atoms with Gasteiger partial charge in [0.15, 0.2) is 0 Å². The van der Waals surface area contributed by atoms with Crippen LogP contribution in [0.5, 0.6) is 5.75 Å². The van der Waals surface area contributed by atoms with Gasteiger partial charge in [-0.1, -0.05) is 30.3 Å². The molecule has 5 heteroatoms.